The van der Waals surface area contributed by atoms with E-state index in [0.717, 1.165) is 25.2 Å². The van der Waals surface area contributed by atoms with Crippen LogP contribution in [0.2, 0.25) is 0 Å². The molecule has 0 aliphatic carbocycles. The molecule has 98 valence electrons. The van der Waals surface area contributed by atoms with Crippen LogP contribution in [0.3, 0.4) is 0 Å². The molecule has 0 spiro atoms. The molecule has 1 heterocycles. The van der Waals surface area contributed by atoms with E-state index in [4.69, 9.17) is 4.74 Å². The van der Waals surface area contributed by atoms with E-state index in [1.807, 2.05) is 30.3 Å². The molecule has 2 rings (SSSR count). The van der Waals surface area contributed by atoms with Crippen LogP contribution in [-0.4, -0.2) is 37.6 Å². The summed E-state index contributed by atoms with van der Waals surface area (Å²) in [5.74, 6) is -0.291. The molecular formula is C15H21NO2. The minimum atomic E-state index is -0.158. The molecule has 0 amide bonds. The highest BCUT2D eigenvalue weighted by Crippen LogP contribution is 2.20. The van der Waals surface area contributed by atoms with Gasteiger partial charge in [-0.1, -0.05) is 36.8 Å². The molecule has 1 aliphatic rings. The van der Waals surface area contributed by atoms with Gasteiger partial charge in [0, 0.05) is 6.54 Å². The lowest BCUT2D eigenvalue weighted by molar-refractivity contribution is -0.143. The number of ether oxygens (including phenoxy) is 1. The van der Waals surface area contributed by atoms with Crippen molar-refractivity contribution in [3.05, 3.63) is 35.9 Å². The maximum Gasteiger partial charge on any atom is 0.314 e. The molecule has 0 N–H and O–H groups in total. The number of rotatable bonds is 4. The highest BCUT2D eigenvalue weighted by molar-refractivity contribution is 5.78. The van der Waals surface area contributed by atoms with Gasteiger partial charge in [0.25, 0.3) is 0 Å². The molecule has 1 aliphatic heterocycles. The number of benzene rings is 1. The van der Waals surface area contributed by atoms with E-state index in [9.17, 15) is 4.79 Å². The summed E-state index contributed by atoms with van der Waals surface area (Å²) in [5, 5.41) is 0. The summed E-state index contributed by atoms with van der Waals surface area (Å²) in [6, 6.07) is 9.93. The number of esters is 1. The molecule has 1 atom stereocenters. The molecule has 0 unspecified atom stereocenters. The zero-order valence-electron chi connectivity index (χ0n) is 11.0. The SMILES string of the molecule is COC(=O)[C@H](CN1CCCCC1)c1ccccc1. The molecule has 0 radical (unpaired) electrons. The average molecular weight is 247 g/mol. The van der Waals surface area contributed by atoms with Crippen LogP contribution >= 0.6 is 0 Å². The molecule has 3 nitrogen and oxygen atoms in total. The molecule has 0 saturated carbocycles. The first kappa shape index (κ1) is 13.1. The summed E-state index contributed by atoms with van der Waals surface area (Å²) in [6.07, 6.45) is 3.79. The highest BCUT2D eigenvalue weighted by atomic mass is 16.5. The molecule has 1 saturated heterocycles. The van der Waals surface area contributed by atoms with E-state index < -0.39 is 0 Å². The van der Waals surface area contributed by atoms with Gasteiger partial charge in [0.1, 0.15) is 0 Å². The number of hydrogen-bond donors (Lipinski definition) is 0. The number of nitrogens with zero attached hydrogens (tertiary/aromatic N) is 1. The third-order valence-electron chi connectivity index (χ3n) is 3.58. The fourth-order valence-corrected chi connectivity index (χ4v) is 2.54. The molecular weight excluding hydrogens is 226 g/mol. The van der Waals surface area contributed by atoms with Crippen LogP contribution in [0.4, 0.5) is 0 Å². The summed E-state index contributed by atoms with van der Waals surface area (Å²) in [5.41, 5.74) is 1.05. The zero-order chi connectivity index (χ0) is 12.8. The molecule has 1 fully saturated rings. The van der Waals surface area contributed by atoms with Crippen LogP contribution in [0.15, 0.2) is 30.3 Å². The van der Waals surface area contributed by atoms with Gasteiger partial charge in [-0.3, -0.25) is 4.79 Å². The number of methoxy groups -OCH3 is 1. The van der Waals surface area contributed by atoms with Gasteiger partial charge in [0.05, 0.1) is 13.0 Å². The van der Waals surface area contributed by atoms with Crippen LogP contribution < -0.4 is 0 Å². The van der Waals surface area contributed by atoms with Gasteiger partial charge < -0.3 is 9.64 Å². The Morgan fingerprint density at radius 3 is 2.50 bits per heavy atom. The maximum absolute atomic E-state index is 11.9. The van der Waals surface area contributed by atoms with Crippen molar-refractivity contribution in [3.8, 4) is 0 Å². The fraction of sp³-hybridized carbons (Fsp3) is 0.533. The quantitative estimate of drug-likeness (QED) is 0.765. The van der Waals surface area contributed by atoms with Gasteiger partial charge in [0.15, 0.2) is 0 Å². The number of likely N-dealkylation sites (tertiary alicyclic amines) is 1. The lowest BCUT2D eigenvalue weighted by atomic mass is 9.97. The Labute approximate surface area is 109 Å². The first-order valence-corrected chi connectivity index (χ1v) is 6.66. The van der Waals surface area contributed by atoms with Crippen LogP contribution in [0.5, 0.6) is 0 Å². The summed E-state index contributed by atoms with van der Waals surface area (Å²) < 4.78 is 4.94. The normalized spacial score (nSPS) is 18.3. The number of piperidine rings is 1. The topological polar surface area (TPSA) is 29.5 Å². The Morgan fingerprint density at radius 2 is 1.89 bits per heavy atom. The maximum atomic E-state index is 11.9. The van der Waals surface area contributed by atoms with E-state index in [1.54, 1.807) is 0 Å². The third kappa shape index (κ3) is 3.33. The van der Waals surface area contributed by atoms with Crippen LogP contribution in [0.25, 0.3) is 0 Å². The van der Waals surface area contributed by atoms with Gasteiger partial charge in [-0.15, -0.1) is 0 Å². The van der Waals surface area contributed by atoms with Crippen molar-refractivity contribution >= 4 is 5.97 Å². The van der Waals surface area contributed by atoms with Gasteiger partial charge in [-0.2, -0.15) is 0 Å². The number of hydrogen-bond acceptors (Lipinski definition) is 3. The Kier molecular flexibility index (Phi) is 4.76. The van der Waals surface area contributed by atoms with Crippen molar-refractivity contribution in [1.29, 1.82) is 0 Å². The molecule has 18 heavy (non-hydrogen) atoms. The Bertz CT molecular complexity index is 371. The summed E-state index contributed by atoms with van der Waals surface area (Å²) in [6.45, 7) is 2.97. The van der Waals surface area contributed by atoms with E-state index in [-0.39, 0.29) is 11.9 Å². The Balaban J connectivity index is 2.07. The third-order valence-corrected chi connectivity index (χ3v) is 3.58. The van der Waals surface area contributed by atoms with Crippen molar-refractivity contribution in [2.45, 2.75) is 25.2 Å². The predicted octanol–water partition coefficient (Wildman–Crippen LogP) is 2.43. The first-order chi connectivity index (χ1) is 8.81. The largest absolute Gasteiger partial charge is 0.469 e. The lowest BCUT2D eigenvalue weighted by Crippen LogP contribution is -2.36. The van der Waals surface area contributed by atoms with E-state index >= 15 is 0 Å². The zero-order valence-corrected chi connectivity index (χ0v) is 11.0. The second-order valence-electron chi connectivity index (χ2n) is 4.85. The van der Waals surface area contributed by atoms with E-state index in [1.165, 1.54) is 26.4 Å². The molecule has 0 bridgehead atoms. The molecule has 0 aromatic heterocycles. The molecule has 1 aromatic rings. The Hall–Kier alpha value is -1.35. The number of carbonyl (C=O) groups excluding carboxylic acids is 1. The van der Waals surface area contributed by atoms with Crippen molar-refractivity contribution in [1.82, 2.24) is 4.90 Å². The fourth-order valence-electron chi connectivity index (χ4n) is 2.54. The molecule has 1 aromatic carbocycles. The number of carbonyl (C=O) groups is 1. The molecule has 3 heteroatoms. The van der Waals surface area contributed by atoms with Crippen molar-refractivity contribution < 1.29 is 9.53 Å². The smallest absolute Gasteiger partial charge is 0.314 e. The second kappa shape index (κ2) is 6.55. The minimum Gasteiger partial charge on any atom is -0.469 e. The standard InChI is InChI=1S/C15H21NO2/c1-18-15(17)14(13-8-4-2-5-9-13)12-16-10-6-3-7-11-16/h2,4-5,8-9,14H,3,6-7,10-12H2,1H3/t14-/m1/s1. The van der Waals surface area contributed by atoms with Gasteiger partial charge in [0.2, 0.25) is 0 Å². The minimum absolute atomic E-state index is 0.133. The monoisotopic (exact) mass is 247 g/mol. The summed E-state index contributed by atoms with van der Waals surface area (Å²) in [4.78, 5) is 14.3. The van der Waals surface area contributed by atoms with Crippen LogP contribution in [0.1, 0.15) is 30.7 Å². The van der Waals surface area contributed by atoms with E-state index in [0.29, 0.717) is 0 Å². The highest BCUT2D eigenvalue weighted by Gasteiger charge is 2.24. The average Bonchev–Trinajstić information content (AvgIpc) is 2.46. The van der Waals surface area contributed by atoms with Crippen LogP contribution in [-0.2, 0) is 9.53 Å². The van der Waals surface area contributed by atoms with Crippen LogP contribution in [0, 0.1) is 0 Å². The van der Waals surface area contributed by atoms with Crippen molar-refractivity contribution in [2.75, 3.05) is 26.7 Å². The second-order valence-corrected chi connectivity index (χ2v) is 4.85. The van der Waals surface area contributed by atoms with Gasteiger partial charge in [-0.25, -0.2) is 0 Å². The lowest BCUT2D eigenvalue weighted by Gasteiger charge is -2.29. The Morgan fingerprint density at radius 1 is 1.22 bits per heavy atom. The first-order valence-electron chi connectivity index (χ1n) is 6.66. The summed E-state index contributed by atoms with van der Waals surface area (Å²) >= 11 is 0. The van der Waals surface area contributed by atoms with Crippen molar-refractivity contribution in [2.24, 2.45) is 0 Å². The summed E-state index contributed by atoms with van der Waals surface area (Å²) in [7, 11) is 1.47. The van der Waals surface area contributed by atoms with E-state index in [2.05, 4.69) is 4.90 Å². The van der Waals surface area contributed by atoms with Gasteiger partial charge >= 0.3 is 5.97 Å². The van der Waals surface area contributed by atoms with Gasteiger partial charge in [-0.05, 0) is 31.5 Å². The predicted molar refractivity (Wildman–Crippen MR) is 71.5 cm³/mol. The van der Waals surface area contributed by atoms with Crippen molar-refractivity contribution in [3.63, 3.8) is 0 Å².